The Morgan fingerprint density at radius 1 is 1.41 bits per heavy atom. The monoisotopic (exact) mass is 234 g/mol. The average molecular weight is 234 g/mol. The number of nitrogens with one attached hydrogen (secondary N) is 2. The van der Waals surface area contributed by atoms with Crippen molar-refractivity contribution in [3.05, 3.63) is 45.5 Å². The zero-order chi connectivity index (χ0) is 12.4. The summed E-state index contributed by atoms with van der Waals surface area (Å²) in [6.07, 6.45) is 0.643. The second-order valence-corrected chi connectivity index (χ2v) is 4.10. The van der Waals surface area contributed by atoms with Crippen molar-refractivity contribution in [3.8, 4) is 0 Å². The fourth-order valence-corrected chi connectivity index (χ4v) is 2.02. The molecule has 0 atom stereocenters. The minimum atomic E-state index is -0.285. The van der Waals surface area contributed by atoms with Crippen LogP contribution in [0.4, 0.5) is 4.39 Å². The van der Waals surface area contributed by atoms with Crippen LogP contribution < -0.4 is 10.9 Å². The molecule has 0 radical (unpaired) electrons. The first-order chi connectivity index (χ1) is 8.13. The van der Waals surface area contributed by atoms with E-state index >= 15 is 0 Å². The van der Waals surface area contributed by atoms with Gasteiger partial charge < -0.3 is 10.3 Å². The molecule has 0 aliphatic carbocycles. The fourth-order valence-electron chi connectivity index (χ4n) is 2.02. The Balaban J connectivity index is 2.65. The molecule has 1 heterocycles. The van der Waals surface area contributed by atoms with Crippen molar-refractivity contribution in [2.75, 3.05) is 13.6 Å². The normalized spacial score (nSPS) is 11.0. The summed E-state index contributed by atoms with van der Waals surface area (Å²) in [6, 6.07) is 4.41. The molecule has 1 aromatic carbocycles. The second kappa shape index (κ2) is 4.67. The minimum absolute atomic E-state index is 0.0862. The molecule has 0 fully saturated rings. The van der Waals surface area contributed by atoms with Crippen LogP contribution in [0.15, 0.2) is 23.0 Å². The van der Waals surface area contributed by atoms with Gasteiger partial charge in [0.15, 0.2) is 0 Å². The first kappa shape index (κ1) is 11.8. The van der Waals surface area contributed by atoms with E-state index in [1.165, 1.54) is 12.1 Å². The Hall–Kier alpha value is -1.68. The number of hydrogen-bond acceptors (Lipinski definition) is 2. The van der Waals surface area contributed by atoms with Gasteiger partial charge in [0.1, 0.15) is 5.82 Å². The number of H-pyrrole nitrogens is 1. The van der Waals surface area contributed by atoms with E-state index in [1.54, 1.807) is 6.07 Å². The van der Waals surface area contributed by atoms with E-state index in [0.29, 0.717) is 11.9 Å². The Bertz CT molecular complexity index is 604. The summed E-state index contributed by atoms with van der Waals surface area (Å²) < 4.78 is 13.2. The Kier molecular flexibility index (Phi) is 3.24. The third kappa shape index (κ3) is 2.22. The van der Waals surface area contributed by atoms with E-state index in [9.17, 15) is 9.18 Å². The van der Waals surface area contributed by atoms with Crippen LogP contribution in [0.3, 0.4) is 0 Å². The summed E-state index contributed by atoms with van der Waals surface area (Å²) in [5, 5.41) is 3.78. The standard InChI is InChI=1S/C13H15FN2O/c1-8-10(5-6-15-2)13(17)16-12-4-3-9(14)7-11(8)12/h3-4,7,15H,5-6H2,1-2H3,(H,16,17). The number of hydrogen-bond donors (Lipinski definition) is 2. The number of halogens is 1. The van der Waals surface area contributed by atoms with Gasteiger partial charge in [-0.15, -0.1) is 0 Å². The molecule has 2 rings (SSSR count). The predicted octanol–water partition coefficient (Wildman–Crippen LogP) is 1.74. The summed E-state index contributed by atoms with van der Waals surface area (Å²) in [6.45, 7) is 2.59. The fraction of sp³-hybridized carbons (Fsp3) is 0.308. The number of pyridine rings is 1. The largest absolute Gasteiger partial charge is 0.322 e. The molecule has 2 aromatic rings. The number of aromatic amines is 1. The minimum Gasteiger partial charge on any atom is -0.322 e. The molecule has 0 amide bonds. The van der Waals surface area contributed by atoms with Gasteiger partial charge in [-0.05, 0) is 50.7 Å². The highest BCUT2D eigenvalue weighted by molar-refractivity contribution is 5.82. The second-order valence-electron chi connectivity index (χ2n) is 4.10. The third-order valence-electron chi connectivity index (χ3n) is 2.99. The van der Waals surface area contributed by atoms with Crippen molar-refractivity contribution in [2.45, 2.75) is 13.3 Å². The van der Waals surface area contributed by atoms with Crippen molar-refractivity contribution < 1.29 is 4.39 Å². The predicted molar refractivity (Wildman–Crippen MR) is 66.9 cm³/mol. The molecule has 90 valence electrons. The summed E-state index contributed by atoms with van der Waals surface area (Å²) >= 11 is 0. The highest BCUT2D eigenvalue weighted by Crippen LogP contribution is 2.18. The first-order valence-electron chi connectivity index (χ1n) is 5.59. The quantitative estimate of drug-likeness (QED) is 0.849. The van der Waals surface area contributed by atoms with Gasteiger partial charge in [-0.25, -0.2) is 4.39 Å². The lowest BCUT2D eigenvalue weighted by atomic mass is 10.0. The maximum Gasteiger partial charge on any atom is 0.251 e. The van der Waals surface area contributed by atoms with Crippen molar-refractivity contribution in [3.63, 3.8) is 0 Å². The Morgan fingerprint density at radius 3 is 2.88 bits per heavy atom. The van der Waals surface area contributed by atoms with Crippen molar-refractivity contribution in [1.29, 1.82) is 0 Å². The van der Waals surface area contributed by atoms with Crippen LogP contribution in [0.2, 0.25) is 0 Å². The van der Waals surface area contributed by atoms with Crippen LogP contribution in [0.5, 0.6) is 0 Å². The van der Waals surface area contributed by atoms with E-state index in [2.05, 4.69) is 10.3 Å². The van der Waals surface area contributed by atoms with E-state index < -0.39 is 0 Å². The van der Waals surface area contributed by atoms with Gasteiger partial charge in [0.05, 0.1) is 0 Å². The van der Waals surface area contributed by atoms with Crippen molar-refractivity contribution in [1.82, 2.24) is 10.3 Å². The number of rotatable bonds is 3. The van der Waals surface area contributed by atoms with E-state index in [4.69, 9.17) is 0 Å². The van der Waals surface area contributed by atoms with Crippen LogP contribution >= 0.6 is 0 Å². The molecule has 0 aliphatic heterocycles. The molecule has 4 heteroatoms. The molecule has 3 nitrogen and oxygen atoms in total. The van der Waals surface area contributed by atoms with Gasteiger partial charge in [0.25, 0.3) is 5.56 Å². The number of aryl methyl sites for hydroxylation is 1. The van der Waals surface area contributed by atoms with Crippen LogP contribution in [-0.4, -0.2) is 18.6 Å². The molecule has 0 saturated heterocycles. The zero-order valence-electron chi connectivity index (χ0n) is 9.93. The molecular formula is C13H15FN2O. The van der Waals surface area contributed by atoms with Gasteiger partial charge in [-0.1, -0.05) is 0 Å². The van der Waals surface area contributed by atoms with Crippen LogP contribution in [0.25, 0.3) is 10.9 Å². The van der Waals surface area contributed by atoms with Crippen molar-refractivity contribution in [2.24, 2.45) is 0 Å². The van der Waals surface area contributed by atoms with Gasteiger partial charge in [-0.2, -0.15) is 0 Å². The van der Waals surface area contributed by atoms with Gasteiger partial charge in [-0.3, -0.25) is 4.79 Å². The molecule has 0 aliphatic rings. The molecule has 0 spiro atoms. The molecule has 0 bridgehead atoms. The number of aromatic nitrogens is 1. The maximum atomic E-state index is 13.2. The summed E-state index contributed by atoms with van der Waals surface area (Å²) in [5.74, 6) is -0.285. The number of likely N-dealkylation sites (N-methyl/N-ethyl adjacent to an activating group) is 1. The lowest BCUT2D eigenvalue weighted by Gasteiger charge is -2.08. The molecule has 0 saturated carbocycles. The smallest absolute Gasteiger partial charge is 0.251 e. The SMILES string of the molecule is CNCCc1c(C)c2cc(F)ccc2[nH]c1=O. The molecular weight excluding hydrogens is 219 g/mol. The van der Waals surface area contributed by atoms with Crippen LogP contribution in [-0.2, 0) is 6.42 Å². The molecule has 17 heavy (non-hydrogen) atoms. The van der Waals surface area contributed by atoms with Gasteiger partial charge in [0.2, 0.25) is 0 Å². The summed E-state index contributed by atoms with van der Waals surface area (Å²) in [4.78, 5) is 14.7. The highest BCUT2D eigenvalue weighted by Gasteiger charge is 2.09. The van der Waals surface area contributed by atoms with Crippen LogP contribution in [0.1, 0.15) is 11.1 Å². The maximum absolute atomic E-state index is 13.2. The first-order valence-corrected chi connectivity index (χ1v) is 5.59. The lowest BCUT2D eigenvalue weighted by molar-refractivity contribution is 0.629. The Labute approximate surface area is 98.7 Å². The highest BCUT2D eigenvalue weighted by atomic mass is 19.1. The Morgan fingerprint density at radius 2 is 2.18 bits per heavy atom. The zero-order valence-corrected chi connectivity index (χ0v) is 9.93. The summed E-state index contributed by atoms with van der Waals surface area (Å²) in [5.41, 5.74) is 2.18. The molecule has 2 N–H and O–H groups in total. The van der Waals surface area contributed by atoms with Gasteiger partial charge in [0, 0.05) is 16.5 Å². The average Bonchev–Trinajstić information content (AvgIpc) is 2.30. The van der Waals surface area contributed by atoms with E-state index in [0.717, 1.165) is 23.1 Å². The third-order valence-corrected chi connectivity index (χ3v) is 2.99. The topological polar surface area (TPSA) is 44.9 Å². The van der Waals surface area contributed by atoms with E-state index in [-0.39, 0.29) is 11.4 Å². The van der Waals surface area contributed by atoms with Crippen molar-refractivity contribution >= 4 is 10.9 Å². The number of benzene rings is 1. The van der Waals surface area contributed by atoms with E-state index in [1.807, 2.05) is 14.0 Å². The molecule has 0 unspecified atom stereocenters. The summed E-state index contributed by atoms with van der Waals surface area (Å²) in [7, 11) is 1.84. The molecule has 1 aromatic heterocycles. The lowest BCUT2D eigenvalue weighted by Crippen LogP contribution is -2.20. The number of fused-ring (bicyclic) bond motifs is 1. The van der Waals surface area contributed by atoms with Gasteiger partial charge >= 0.3 is 0 Å². The van der Waals surface area contributed by atoms with Crippen LogP contribution in [0, 0.1) is 12.7 Å².